The van der Waals surface area contributed by atoms with Crippen molar-refractivity contribution < 1.29 is 34.2 Å². The number of hydrogen-bond donors (Lipinski definition) is 10. The highest BCUT2D eigenvalue weighted by atomic mass is 16.4. The Morgan fingerprint density at radius 3 is 1.90 bits per heavy atom. The Hall–Kier alpha value is -4.28. The highest BCUT2D eigenvalue weighted by Gasteiger charge is 2.31. The number of nitrogens with one attached hydrogen (secondary N) is 4. The predicted molar refractivity (Wildman–Crippen MR) is 154 cm³/mol. The number of aliphatic carboxylic acids is 1. The Balaban J connectivity index is 3.14. The van der Waals surface area contributed by atoms with Crippen LogP contribution in [0, 0.1) is 0 Å². The molecule has 0 saturated heterocycles. The quantitative estimate of drug-likeness (QED) is 0.0400. The number of unbranched alkanes of at least 4 members (excludes halogenated alkanes) is 1. The third-order valence-corrected chi connectivity index (χ3v) is 6.08. The number of aliphatic hydroxyl groups is 1. The van der Waals surface area contributed by atoms with Gasteiger partial charge < -0.3 is 54.4 Å². The molecule has 0 saturated carbocycles. The van der Waals surface area contributed by atoms with Crippen LogP contribution in [0.5, 0.6) is 0 Å². The molecule has 1 aromatic rings. The Kier molecular flexibility index (Phi) is 16.8. The molecular weight excluding hydrogens is 550 g/mol. The molecule has 1 rings (SSSR count). The maximum absolute atomic E-state index is 13.4. The molecule has 4 atom stereocenters. The summed E-state index contributed by atoms with van der Waals surface area (Å²) in [5.74, 6) is -4.41. The van der Waals surface area contributed by atoms with Gasteiger partial charge in [0.25, 0.3) is 0 Å². The normalized spacial score (nSPS) is 13.5. The van der Waals surface area contributed by atoms with Crippen LogP contribution in [0.4, 0.5) is 0 Å². The van der Waals surface area contributed by atoms with Crippen molar-refractivity contribution in [3.05, 3.63) is 35.9 Å². The van der Waals surface area contributed by atoms with Gasteiger partial charge in [-0.25, -0.2) is 4.79 Å². The average molecular weight is 594 g/mol. The topological polar surface area (TPSA) is 290 Å². The van der Waals surface area contributed by atoms with Crippen molar-refractivity contribution in [2.45, 2.75) is 62.7 Å². The highest BCUT2D eigenvalue weighted by Crippen LogP contribution is 2.08. The molecule has 0 unspecified atom stereocenters. The molecular formula is C26H43N9O7. The SMILES string of the molecule is NCCCC[C@H](NC(=O)[C@H](CO)NC(=O)CN)C(=O)N[C@@H](Cc1ccccc1)C(=O)N[C@@H](CCCN=C(N)N)C(=O)O. The zero-order chi connectivity index (χ0) is 31.5. The molecule has 0 aliphatic rings. The van der Waals surface area contributed by atoms with Crippen molar-refractivity contribution in [2.75, 3.05) is 26.2 Å². The molecule has 42 heavy (non-hydrogen) atoms. The summed E-state index contributed by atoms with van der Waals surface area (Å²) in [5.41, 5.74) is 22.1. The van der Waals surface area contributed by atoms with E-state index < -0.39 is 66.9 Å². The van der Waals surface area contributed by atoms with E-state index in [1.165, 1.54) is 0 Å². The number of nitrogens with zero attached hydrogens (tertiary/aromatic N) is 1. The van der Waals surface area contributed by atoms with Crippen LogP contribution in [0.15, 0.2) is 35.3 Å². The minimum Gasteiger partial charge on any atom is -0.480 e. The number of carbonyl (C=O) groups excluding carboxylic acids is 4. The van der Waals surface area contributed by atoms with Gasteiger partial charge >= 0.3 is 5.97 Å². The summed E-state index contributed by atoms with van der Waals surface area (Å²) in [6.07, 6.45) is 1.45. The second-order valence-corrected chi connectivity index (χ2v) is 9.45. The summed E-state index contributed by atoms with van der Waals surface area (Å²) in [6.45, 7) is -0.649. The molecule has 0 radical (unpaired) electrons. The lowest BCUT2D eigenvalue weighted by atomic mass is 10.0. The number of aliphatic hydroxyl groups excluding tert-OH is 1. The molecule has 234 valence electrons. The number of rotatable bonds is 20. The lowest BCUT2D eigenvalue weighted by Gasteiger charge is -2.26. The molecule has 0 aliphatic carbocycles. The van der Waals surface area contributed by atoms with E-state index >= 15 is 0 Å². The number of aliphatic imine (C=N–C) groups is 1. The van der Waals surface area contributed by atoms with E-state index in [1.54, 1.807) is 30.3 Å². The second kappa shape index (κ2) is 19.7. The van der Waals surface area contributed by atoms with Crippen molar-refractivity contribution in [1.82, 2.24) is 21.3 Å². The van der Waals surface area contributed by atoms with Gasteiger partial charge in [-0.15, -0.1) is 0 Å². The third kappa shape index (κ3) is 13.9. The van der Waals surface area contributed by atoms with Gasteiger partial charge in [-0.3, -0.25) is 24.2 Å². The Morgan fingerprint density at radius 1 is 0.762 bits per heavy atom. The summed E-state index contributed by atoms with van der Waals surface area (Å²) in [6, 6.07) is 3.74. The van der Waals surface area contributed by atoms with Crippen LogP contribution in [-0.4, -0.2) is 96.2 Å². The Labute approximate surface area is 244 Å². The van der Waals surface area contributed by atoms with Crippen molar-refractivity contribution >= 4 is 35.6 Å². The van der Waals surface area contributed by atoms with Crippen LogP contribution in [-0.2, 0) is 30.4 Å². The zero-order valence-corrected chi connectivity index (χ0v) is 23.5. The first-order chi connectivity index (χ1) is 20.0. The fourth-order valence-corrected chi connectivity index (χ4v) is 3.85. The van der Waals surface area contributed by atoms with Gasteiger partial charge in [0.15, 0.2) is 5.96 Å². The van der Waals surface area contributed by atoms with E-state index in [0.717, 1.165) is 0 Å². The molecule has 4 amide bonds. The highest BCUT2D eigenvalue weighted by molar-refractivity contribution is 5.95. The molecule has 0 aromatic heterocycles. The van der Waals surface area contributed by atoms with E-state index in [9.17, 15) is 34.2 Å². The van der Waals surface area contributed by atoms with Gasteiger partial charge in [0.2, 0.25) is 23.6 Å². The van der Waals surface area contributed by atoms with Crippen molar-refractivity contribution in [2.24, 2.45) is 27.9 Å². The summed E-state index contributed by atoms with van der Waals surface area (Å²) >= 11 is 0. The van der Waals surface area contributed by atoms with Gasteiger partial charge in [0.1, 0.15) is 24.2 Å². The molecule has 14 N–H and O–H groups in total. The lowest BCUT2D eigenvalue weighted by Crippen LogP contribution is -2.59. The summed E-state index contributed by atoms with van der Waals surface area (Å²) in [7, 11) is 0. The first kappa shape index (κ1) is 35.7. The number of carboxylic acids is 1. The largest absolute Gasteiger partial charge is 0.480 e. The second-order valence-electron chi connectivity index (χ2n) is 9.45. The van der Waals surface area contributed by atoms with Crippen molar-refractivity contribution in [3.63, 3.8) is 0 Å². The number of amides is 4. The van der Waals surface area contributed by atoms with E-state index in [-0.39, 0.29) is 38.2 Å². The zero-order valence-electron chi connectivity index (χ0n) is 23.5. The Morgan fingerprint density at radius 2 is 1.33 bits per heavy atom. The van der Waals surface area contributed by atoms with Gasteiger partial charge in [0, 0.05) is 13.0 Å². The van der Waals surface area contributed by atoms with Crippen LogP contribution in [0.2, 0.25) is 0 Å². The predicted octanol–water partition coefficient (Wildman–Crippen LogP) is -3.61. The fourth-order valence-electron chi connectivity index (χ4n) is 3.85. The number of benzene rings is 1. The van der Waals surface area contributed by atoms with Gasteiger partial charge in [-0.1, -0.05) is 30.3 Å². The van der Waals surface area contributed by atoms with Crippen molar-refractivity contribution in [1.29, 1.82) is 0 Å². The number of guanidine groups is 1. The molecule has 16 heteroatoms. The minimum absolute atomic E-state index is 0.0219. The first-order valence-electron chi connectivity index (χ1n) is 13.6. The Bertz CT molecular complexity index is 1050. The third-order valence-electron chi connectivity index (χ3n) is 6.08. The maximum Gasteiger partial charge on any atom is 0.326 e. The van der Waals surface area contributed by atoms with Crippen molar-refractivity contribution in [3.8, 4) is 0 Å². The monoisotopic (exact) mass is 593 g/mol. The van der Waals surface area contributed by atoms with Crippen LogP contribution in [0.1, 0.15) is 37.7 Å². The first-order valence-corrected chi connectivity index (χ1v) is 13.6. The summed E-state index contributed by atoms with van der Waals surface area (Å²) < 4.78 is 0. The molecule has 16 nitrogen and oxygen atoms in total. The van der Waals surface area contributed by atoms with Gasteiger partial charge in [-0.05, 0) is 44.2 Å². The van der Waals surface area contributed by atoms with Crippen LogP contribution in [0.25, 0.3) is 0 Å². The minimum atomic E-state index is -1.36. The average Bonchev–Trinajstić information content (AvgIpc) is 2.96. The number of hydrogen-bond acceptors (Lipinski definition) is 9. The fraction of sp³-hybridized carbons (Fsp3) is 0.538. The molecule has 0 aliphatic heterocycles. The molecule has 1 aromatic carbocycles. The smallest absolute Gasteiger partial charge is 0.326 e. The number of carbonyl (C=O) groups is 5. The summed E-state index contributed by atoms with van der Waals surface area (Å²) in [4.78, 5) is 66.7. The van der Waals surface area contributed by atoms with Crippen LogP contribution in [0.3, 0.4) is 0 Å². The number of carboxylic acid groups (broad SMARTS) is 1. The molecule has 0 spiro atoms. The van der Waals surface area contributed by atoms with Crippen LogP contribution >= 0.6 is 0 Å². The van der Waals surface area contributed by atoms with Gasteiger partial charge in [0.05, 0.1) is 13.2 Å². The molecule has 0 fully saturated rings. The van der Waals surface area contributed by atoms with E-state index in [2.05, 4.69) is 26.3 Å². The summed E-state index contributed by atoms with van der Waals surface area (Å²) in [5, 5.41) is 29.0. The van der Waals surface area contributed by atoms with Crippen LogP contribution < -0.4 is 44.2 Å². The van der Waals surface area contributed by atoms with E-state index in [1.807, 2.05) is 0 Å². The maximum atomic E-state index is 13.4. The standard InChI is InChI=1S/C26H43N9O7/c27-11-5-4-9-17(33-24(40)20(15-36)32-21(37)14-28)22(38)35-19(13-16-7-2-1-3-8-16)23(39)34-18(25(41)42)10-6-12-31-26(29)30/h1-3,7-8,17-20,36H,4-6,9-15,27-28H2,(H,32,37)(H,33,40)(H,34,39)(H,35,38)(H,41,42)(H4,29,30,31)/t17-,18-,19-,20-/m0/s1. The van der Waals surface area contributed by atoms with E-state index in [4.69, 9.17) is 22.9 Å². The van der Waals surface area contributed by atoms with E-state index in [0.29, 0.717) is 24.9 Å². The lowest BCUT2D eigenvalue weighted by molar-refractivity contribution is -0.142. The number of nitrogens with two attached hydrogens (primary N) is 4. The van der Waals surface area contributed by atoms with Gasteiger partial charge in [-0.2, -0.15) is 0 Å². The molecule has 0 bridgehead atoms. The molecule has 0 heterocycles.